The molecule has 0 aliphatic carbocycles. The van der Waals surface area contributed by atoms with Crippen LogP contribution in [0.2, 0.25) is 0 Å². The van der Waals surface area contributed by atoms with Gasteiger partial charge in [-0.25, -0.2) is 4.98 Å². The van der Waals surface area contributed by atoms with Crippen LogP contribution in [-0.4, -0.2) is 21.7 Å². The maximum absolute atomic E-state index is 5.43. The van der Waals surface area contributed by atoms with Crippen molar-refractivity contribution < 1.29 is 0 Å². The van der Waals surface area contributed by atoms with Crippen LogP contribution in [0.1, 0.15) is 22.9 Å². The Morgan fingerprint density at radius 3 is 3.13 bits per heavy atom. The molecule has 0 saturated carbocycles. The molecular formula is C10H14N4S. The molecular weight excluding hydrogens is 208 g/mol. The summed E-state index contributed by atoms with van der Waals surface area (Å²) >= 11 is 1.74. The predicted molar refractivity (Wildman–Crippen MR) is 60.9 cm³/mol. The Bertz CT molecular complexity index is 393. The first-order valence-corrected chi connectivity index (χ1v) is 5.89. The number of H-pyrrole nitrogens is 1. The molecule has 15 heavy (non-hydrogen) atoms. The zero-order valence-corrected chi connectivity index (χ0v) is 9.26. The second-order valence-electron chi connectivity index (χ2n) is 3.35. The molecule has 0 bridgehead atoms. The van der Waals surface area contributed by atoms with Crippen molar-refractivity contribution in [2.75, 3.05) is 6.54 Å². The van der Waals surface area contributed by atoms with E-state index in [-0.39, 0.29) is 0 Å². The molecule has 3 N–H and O–H groups in total. The normalized spacial score (nSPS) is 10.7. The van der Waals surface area contributed by atoms with E-state index in [9.17, 15) is 0 Å². The third kappa shape index (κ3) is 2.87. The van der Waals surface area contributed by atoms with Crippen LogP contribution in [0.4, 0.5) is 0 Å². The van der Waals surface area contributed by atoms with Crippen LogP contribution < -0.4 is 5.73 Å². The van der Waals surface area contributed by atoms with Crippen molar-refractivity contribution in [3.63, 3.8) is 0 Å². The molecule has 0 spiro atoms. The van der Waals surface area contributed by atoms with Crippen LogP contribution >= 0.6 is 11.3 Å². The number of nitrogens with two attached hydrogens (primary N) is 1. The highest BCUT2D eigenvalue weighted by Gasteiger charge is 2.04. The van der Waals surface area contributed by atoms with Crippen LogP contribution in [0, 0.1) is 0 Å². The maximum atomic E-state index is 5.43. The lowest BCUT2D eigenvalue weighted by Gasteiger charge is -1.91. The summed E-state index contributed by atoms with van der Waals surface area (Å²) in [4.78, 5) is 5.71. The van der Waals surface area contributed by atoms with Crippen molar-refractivity contribution in [3.8, 4) is 0 Å². The van der Waals surface area contributed by atoms with E-state index in [1.807, 2.05) is 6.07 Å². The molecule has 4 nitrogen and oxygen atoms in total. The second-order valence-corrected chi connectivity index (χ2v) is 4.38. The zero-order valence-electron chi connectivity index (χ0n) is 8.44. The van der Waals surface area contributed by atoms with E-state index < -0.39 is 0 Å². The van der Waals surface area contributed by atoms with E-state index in [1.54, 1.807) is 11.3 Å². The SMILES string of the molecule is NCCCc1n[nH]c(Cc2cccs2)n1. The van der Waals surface area contributed by atoms with Gasteiger partial charge in [0.1, 0.15) is 5.82 Å². The number of aryl methyl sites for hydroxylation is 1. The Hall–Kier alpha value is -1.20. The number of aromatic amines is 1. The van der Waals surface area contributed by atoms with Crippen LogP contribution in [0.3, 0.4) is 0 Å². The molecule has 0 fully saturated rings. The summed E-state index contributed by atoms with van der Waals surface area (Å²) in [5, 5.41) is 9.18. The largest absolute Gasteiger partial charge is 0.330 e. The Balaban J connectivity index is 1.95. The molecule has 0 unspecified atom stereocenters. The van der Waals surface area contributed by atoms with Gasteiger partial charge in [-0.2, -0.15) is 5.10 Å². The van der Waals surface area contributed by atoms with Gasteiger partial charge in [0.2, 0.25) is 0 Å². The highest BCUT2D eigenvalue weighted by molar-refractivity contribution is 7.09. The van der Waals surface area contributed by atoms with Crippen molar-refractivity contribution >= 4 is 11.3 Å². The van der Waals surface area contributed by atoms with E-state index >= 15 is 0 Å². The van der Waals surface area contributed by atoms with Gasteiger partial charge in [-0.05, 0) is 24.4 Å². The number of thiophene rings is 1. The fourth-order valence-corrected chi connectivity index (χ4v) is 2.07. The van der Waals surface area contributed by atoms with Gasteiger partial charge in [0.05, 0.1) is 0 Å². The average Bonchev–Trinajstić information content (AvgIpc) is 2.87. The average molecular weight is 222 g/mol. The Morgan fingerprint density at radius 1 is 1.47 bits per heavy atom. The van der Waals surface area contributed by atoms with Gasteiger partial charge in [-0.15, -0.1) is 11.3 Å². The van der Waals surface area contributed by atoms with Crippen molar-refractivity contribution in [1.29, 1.82) is 0 Å². The van der Waals surface area contributed by atoms with E-state index in [2.05, 4.69) is 26.6 Å². The van der Waals surface area contributed by atoms with Gasteiger partial charge in [-0.3, -0.25) is 5.10 Å². The monoisotopic (exact) mass is 222 g/mol. The lowest BCUT2D eigenvalue weighted by molar-refractivity contribution is 0.785. The third-order valence-electron chi connectivity index (χ3n) is 2.10. The van der Waals surface area contributed by atoms with E-state index in [4.69, 9.17) is 5.73 Å². The van der Waals surface area contributed by atoms with Crippen LogP contribution in [0.15, 0.2) is 17.5 Å². The fraction of sp³-hybridized carbons (Fsp3) is 0.400. The van der Waals surface area contributed by atoms with E-state index in [1.165, 1.54) is 4.88 Å². The fourth-order valence-electron chi connectivity index (χ4n) is 1.36. The minimum absolute atomic E-state index is 0.689. The summed E-state index contributed by atoms with van der Waals surface area (Å²) < 4.78 is 0. The molecule has 80 valence electrons. The number of rotatable bonds is 5. The number of aromatic nitrogens is 3. The van der Waals surface area contributed by atoms with E-state index in [0.717, 1.165) is 30.9 Å². The zero-order chi connectivity index (χ0) is 10.5. The number of nitrogens with zero attached hydrogens (tertiary/aromatic N) is 2. The minimum atomic E-state index is 0.689. The molecule has 2 heterocycles. The van der Waals surface area contributed by atoms with Gasteiger partial charge in [0, 0.05) is 17.7 Å². The molecule has 2 rings (SSSR count). The van der Waals surface area contributed by atoms with Crippen LogP contribution in [0.5, 0.6) is 0 Å². The van der Waals surface area contributed by atoms with Crippen LogP contribution in [0.25, 0.3) is 0 Å². The topological polar surface area (TPSA) is 67.6 Å². The standard InChI is InChI=1S/C10H14N4S/c11-5-1-4-9-12-10(14-13-9)7-8-3-2-6-15-8/h2-3,6H,1,4-5,7,11H2,(H,12,13,14). The highest BCUT2D eigenvalue weighted by Crippen LogP contribution is 2.12. The van der Waals surface area contributed by atoms with Crippen molar-refractivity contribution in [1.82, 2.24) is 15.2 Å². The molecule has 0 aliphatic heterocycles. The summed E-state index contributed by atoms with van der Waals surface area (Å²) in [5.41, 5.74) is 5.43. The Kier molecular flexibility index (Phi) is 3.47. The maximum Gasteiger partial charge on any atom is 0.150 e. The van der Waals surface area contributed by atoms with Crippen LogP contribution in [-0.2, 0) is 12.8 Å². The lowest BCUT2D eigenvalue weighted by Crippen LogP contribution is -2.01. The lowest BCUT2D eigenvalue weighted by atomic mass is 10.3. The highest BCUT2D eigenvalue weighted by atomic mass is 32.1. The molecule has 0 aromatic carbocycles. The molecule has 2 aromatic heterocycles. The Labute approximate surface area is 92.5 Å². The number of hydrogen-bond acceptors (Lipinski definition) is 4. The second kappa shape index (κ2) is 5.04. The summed E-state index contributed by atoms with van der Waals surface area (Å²) in [6, 6.07) is 4.15. The molecule has 0 atom stereocenters. The third-order valence-corrected chi connectivity index (χ3v) is 2.98. The van der Waals surface area contributed by atoms with Gasteiger partial charge in [0.15, 0.2) is 5.82 Å². The van der Waals surface area contributed by atoms with Gasteiger partial charge < -0.3 is 5.73 Å². The predicted octanol–water partition coefficient (Wildman–Crippen LogP) is 1.35. The summed E-state index contributed by atoms with van der Waals surface area (Å²) in [7, 11) is 0. The number of nitrogens with one attached hydrogen (secondary N) is 1. The summed E-state index contributed by atoms with van der Waals surface area (Å²) in [5.74, 6) is 1.80. The number of hydrogen-bond donors (Lipinski definition) is 2. The first kappa shape index (κ1) is 10.3. The molecule has 0 amide bonds. The molecule has 0 radical (unpaired) electrons. The van der Waals surface area contributed by atoms with E-state index in [0.29, 0.717) is 6.54 Å². The first-order chi connectivity index (χ1) is 7.38. The molecule has 5 heteroatoms. The van der Waals surface area contributed by atoms with Crippen molar-refractivity contribution in [2.24, 2.45) is 5.73 Å². The van der Waals surface area contributed by atoms with Gasteiger partial charge in [0.25, 0.3) is 0 Å². The molecule has 0 saturated heterocycles. The molecule has 2 aromatic rings. The quantitative estimate of drug-likeness (QED) is 0.802. The molecule has 0 aliphatic rings. The smallest absolute Gasteiger partial charge is 0.150 e. The summed E-state index contributed by atoms with van der Waals surface area (Å²) in [6.45, 7) is 0.689. The summed E-state index contributed by atoms with van der Waals surface area (Å²) in [6.07, 6.45) is 2.64. The van der Waals surface area contributed by atoms with Gasteiger partial charge in [-0.1, -0.05) is 6.07 Å². The van der Waals surface area contributed by atoms with Crippen molar-refractivity contribution in [3.05, 3.63) is 34.0 Å². The minimum Gasteiger partial charge on any atom is -0.330 e. The van der Waals surface area contributed by atoms with Crippen molar-refractivity contribution in [2.45, 2.75) is 19.3 Å². The van der Waals surface area contributed by atoms with Gasteiger partial charge >= 0.3 is 0 Å². The Morgan fingerprint density at radius 2 is 2.40 bits per heavy atom. The first-order valence-electron chi connectivity index (χ1n) is 5.01.